The fourth-order valence-corrected chi connectivity index (χ4v) is 0.283. The van der Waals surface area contributed by atoms with Crippen LogP contribution in [0.25, 0.3) is 0 Å². The van der Waals surface area contributed by atoms with E-state index in [0.717, 1.165) is 0 Å². The molecule has 9 heavy (non-hydrogen) atoms. The Morgan fingerprint density at radius 1 is 1.22 bits per heavy atom. The van der Waals surface area contributed by atoms with Crippen LogP contribution in [0.1, 0.15) is 13.8 Å². The van der Waals surface area contributed by atoms with Gasteiger partial charge in [-0.2, -0.15) is 13.2 Å². The lowest BCUT2D eigenvalue weighted by Gasteiger charge is -2.11. The predicted octanol–water partition coefficient (Wildman–Crippen LogP) is 2.72. The molecule has 0 aromatic heterocycles. The lowest BCUT2D eigenvalue weighted by Crippen LogP contribution is -2.13. The van der Waals surface area contributed by atoms with Crippen molar-refractivity contribution in [1.29, 1.82) is 0 Å². The Labute approximate surface area is 52.4 Å². The Kier molecular flexibility index (Phi) is 2.29. The maximum absolute atomic E-state index is 11.6. The van der Waals surface area contributed by atoms with Gasteiger partial charge in [-0.1, -0.05) is 20.4 Å². The molecule has 3 heteroatoms. The average molecular weight is 137 g/mol. The summed E-state index contributed by atoms with van der Waals surface area (Å²) in [6.07, 6.45) is -4.25. The number of hydrogen-bond acceptors (Lipinski definition) is 0. The highest BCUT2D eigenvalue weighted by Crippen LogP contribution is 2.30. The van der Waals surface area contributed by atoms with Gasteiger partial charge in [0, 0.05) is 11.5 Å². The first-order valence-electron chi connectivity index (χ1n) is 2.42. The van der Waals surface area contributed by atoms with E-state index in [-0.39, 0.29) is 5.92 Å². The van der Waals surface area contributed by atoms with Crippen molar-refractivity contribution < 1.29 is 13.2 Å². The first-order chi connectivity index (χ1) is 3.85. The lowest BCUT2D eigenvalue weighted by molar-refractivity contribution is -0.0909. The molecule has 0 atom stereocenters. The second kappa shape index (κ2) is 2.42. The quantitative estimate of drug-likeness (QED) is 0.521. The van der Waals surface area contributed by atoms with Gasteiger partial charge in [0.15, 0.2) is 0 Å². The highest BCUT2D eigenvalue weighted by molar-refractivity contribution is 5.21. The number of halogens is 3. The number of alkyl halides is 3. The Bertz CT molecular complexity index is 110. The van der Waals surface area contributed by atoms with Gasteiger partial charge in [-0.15, -0.1) is 0 Å². The van der Waals surface area contributed by atoms with Crippen molar-refractivity contribution in [2.24, 2.45) is 0 Å². The molecule has 0 aliphatic rings. The smallest absolute Gasteiger partial charge is 0.166 e. The predicted molar refractivity (Wildman–Crippen MR) is 29.8 cm³/mol. The molecule has 0 saturated heterocycles. The fraction of sp³-hybridized carbons (Fsp3) is 0.500. The summed E-state index contributed by atoms with van der Waals surface area (Å²) in [6.45, 7) is 5.63. The van der Waals surface area contributed by atoms with Gasteiger partial charge in [0.05, 0.1) is 0 Å². The van der Waals surface area contributed by atoms with Crippen LogP contribution < -0.4 is 0 Å². The van der Waals surface area contributed by atoms with E-state index in [0.29, 0.717) is 0 Å². The van der Waals surface area contributed by atoms with Crippen LogP contribution >= 0.6 is 0 Å². The maximum atomic E-state index is 11.6. The molecule has 0 amide bonds. The van der Waals surface area contributed by atoms with Crippen LogP contribution in [-0.2, 0) is 0 Å². The number of hydrogen-bond donors (Lipinski definition) is 0. The van der Waals surface area contributed by atoms with Crippen LogP contribution in [0.2, 0.25) is 0 Å². The van der Waals surface area contributed by atoms with Gasteiger partial charge in [-0.05, 0) is 0 Å². The number of rotatable bonds is 1. The SMILES string of the molecule is C=C([C](C)C)C(F)(F)F. The minimum Gasteiger partial charge on any atom is -0.166 e. The van der Waals surface area contributed by atoms with Gasteiger partial charge < -0.3 is 0 Å². The third-order valence-electron chi connectivity index (χ3n) is 0.946. The van der Waals surface area contributed by atoms with Crippen molar-refractivity contribution >= 4 is 0 Å². The summed E-state index contributed by atoms with van der Waals surface area (Å²) in [7, 11) is 0. The number of allylic oxidation sites excluding steroid dienone is 1. The lowest BCUT2D eigenvalue weighted by atomic mass is 10.1. The summed E-state index contributed by atoms with van der Waals surface area (Å²) in [5.41, 5.74) is -0.748. The summed E-state index contributed by atoms with van der Waals surface area (Å²) >= 11 is 0. The average Bonchev–Trinajstić information content (AvgIpc) is 1.62. The molecular weight excluding hydrogens is 129 g/mol. The zero-order valence-electron chi connectivity index (χ0n) is 5.34. The maximum Gasteiger partial charge on any atom is 0.412 e. The molecule has 0 aromatic rings. The standard InChI is InChI=1S/C6H8F3/c1-4(2)5(3)6(7,8)9/h3H2,1-2H3. The van der Waals surface area contributed by atoms with E-state index >= 15 is 0 Å². The molecule has 0 fully saturated rings. The van der Waals surface area contributed by atoms with Gasteiger partial charge in [0.25, 0.3) is 0 Å². The van der Waals surface area contributed by atoms with Crippen molar-refractivity contribution in [2.45, 2.75) is 20.0 Å². The molecule has 0 aromatic carbocycles. The molecule has 0 N–H and O–H groups in total. The second-order valence-electron chi connectivity index (χ2n) is 1.98. The van der Waals surface area contributed by atoms with E-state index in [9.17, 15) is 13.2 Å². The third-order valence-corrected chi connectivity index (χ3v) is 0.946. The van der Waals surface area contributed by atoms with E-state index in [1.54, 1.807) is 0 Å². The van der Waals surface area contributed by atoms with Gasteiger partial charge in [-0.3, -0.25) is 0 Å². The molecule has 0 aliphatic carbocycles. The topological polar surface area (TPSA) is 0 Å². The molecule has 0 heterocycles. The van der Waals surface area contributed by atoms with E-state index < -0.39 is 11.7 Å². The molecular formula is C6H8F3. The molecule has 0 bridgehead atoms. The zero-order chi connectivity index (χ0) is 7.65. The minimum atomic E-state index is -4.25. The highest BCUT2D eigenvalue weighted by atomic mass is 19.4. The van der Waals surface area contributed by atoms with E-state index in [4.69, 9.17) is 0 Å². The zero-order valence-corrected chi connectivity index (χ0v) is 5.34. The largest absolute Gasteiger partial charge is 0.412 e. The summed E-state index contributed by atoms with van der Waals surface area (Å²) in [4.78, 5) is 0. The molecule has 0 aliphatic heterocycles. The molecule has 0 saturated carbocycles. The van der Waals surface area contributed by atoms with Gasteiger partial charge in [0.1, 0.15) is 0 Å². The fourth-order valence-electron chi connectivity index (χ4n) is 0.283. The summed E-state index contributed by atoms with van der Waals surface area (Å²) in [6, 6.07) is 0. The molecule has 0 nitrogen and oxygen atoms in total. The van der Waals surface area contributed by atoms with Gasteiger partial charge in [0.2, 0.25) is 0 Å². The first kappa shape index (κ1) is 8.53. The Morgan fingerprint density at radius 3 is 1.56 bits per heavy atom. The molecule has 0 rings (SSSR count). The Morgan fingerprint density at radius 2 is 1.56 bits per heavy atom. The van der Waals surface area contributed by atoms with E-state index in [1.807, 2.05) is 0 Å². The van der Waals surface area contributed by atoms with Crippen molar-refractivity contribution in [2.75, 3.05) is 0 Å². The normalized spacial score (nSPS) is 12.2. The Balaban J connectivity index is 4.06. The highest BCUT2D eigenvalue weighted by Gasteiger charge is 2.33. The van der Waals surface area contributed by atoms with Crippen molar-refractivity contribution in [3.63, 3.8) is 0 Å². The van der Waals surface area contributed by atoms with Crippen molar-refractivity contribution in [3.8, 4) is 0 Å². The third kappa shape index (κ3) is 2.54. The van der Waals surface area contributed by atoms with Gasteiger partial charge >= 0.3 is 6.18 Å². The summed E-state index contributed by atoms with van der Waals surface area (Å²) in [5, 5.41) is 0. The van der Waals surface area contributed by atoms with E-state index in [1.165, 1.54) is 13.8 Å². The van der Waals surface area contributed by atoms with Crippen LogP contribution in [0.15, 0.2) is 12.2 Å². The Hall–Kier alpha value is -0.470. The molecule has 53 valence electrons. The van der Waals surface area contributed by atoms with Crippen molar-refractivity contribution in [3.05, 3.63) is 18.1 Å². The van der Waals surface area contributed by atoms with E-state index in [2.05, 4.69) is 6.58 Å². The molecule has 0 unspecified atom stereocenters. The summed E-state index contributed by atoms with van der Waals surface area (Å²) in [5.74, 6) is 0.211. The molecule has 0 spiro atoms. The van der Waals surface area contributed by atoms with Gasteiger partial charge in [-0.25, -0.2) is 0 Å². The van der Waals surface area contributed by atoms with Crippen molar-refractivity contribution in [1.82, 2.24) is 0 Å². The van der Waals surface area contributed by atoms with Crippen LogP contribution in [-0.4, -0.2) is 6.18 Å². The van der Waals surface area contributed by atoms with Crippen LogP contribution in [0.3, 0.4) is 0 Å². The molecule has 1 radical (unpaired) electrons. The second-order valence-corrected chi connectivity index (χ2v) is 1.98. The van der Waals surface area contributed by atoms with Crippen LogP contribution in [0.4, 0.5) is 13.2 Å². The first-order valence-corrected chi connectivity index (χ1v) is 2.42. The monoisotopic (exact) mass is 137 g/mol. The minimum absolute atomic E-state index is 0.211. The van der Waals surface area contributed by atoms with Crippen LogP contribution in [0.5, 0.6) is 0 Å². The summed E-state index contributed by atoms with van der Waals surface area (Å²) < 4.78 is 34.7. The van der Waals surface area contributed by atoms with Crippen LogP contribution in [0, 0.1) is 5.92 Å².